The number of halogens is 4. The first-order chi connectivity index (χ1) is 14.8. The Balaban J connectivity index is 1.67. The first-order valence-electron chi connectivity index (χ1n) is 9.67. The van der Waals surface area contributed by atoms with Crippen LogP contribution >= 0.6 is 11.3 Å². The van der Waals surface area contributed by atoms with E-state index in [1.807, 2.05) is 0 Å². The van der Waals surface area contributed by atoms with Crippen LogP contribution in [0.15, 0.2) is 42.5 Å². The van der Waals surface area contributed by atoms with Crippen LogP contribution in [0.1, 0.15) is 15.9 Å². The summed E-state index contributed by atoms with van der Waals surface area (Å²) in [5.74, 6) is -1.13. The summed E-state index contributed by atoms with van der Waals surface area (Å²) in [5, 5.41) is 0.246. The molecule has 0 saturated carbocycles. The molecule has 1 amide bonds. The molecule has 4 rings (SSSR count). The molecule has 1 fully saturated rings. The maximum Gasteiger partial charge on any atom is 0.416 e. The Kier molecular flexibility index (Phi) is 6.22. The van der Waals surface area contributed by atoms with Crippen molar-refractivity contribution < 1.29 is 27.1 Å². The van der Waals surface area contributed by atoms with E-state index < -0.39 is 23.5 Å². The molecule has 0 radical (unpaired) electrons. The molecule has 164 valence electrons. The van der Waals surface area contributed by atoms with Crippen LogP contribution in [0.3, 0.4) is 0 Å². The first kappa shape index (κ1) is 21.7. The van der Waals surface area contributed by atoms with Gasteiger partial charge >= 0.3 is 6.18 Å². The van der Waals surface area contributed by atoms with Crippen molar-refractivity contribution in [1.29, 1.82) is 0 Å². The lowest BCUT2D eigenvalue weighted by Gasteiger charge is -2.29. The van der Waals surface area contributed by atoms with Crippen LogP contribution < -0.4 is 4.90 Å². The number of hydrogen-bond acceptors (Lipinski definition) is 5. The molecule has 2 heterocycles. The quantitative estimate of drug-likeness (QED) is 0.536. The third-order valence-electron chi connectivity index (χ3n) is 5.01. The second-order valence-corrected chi connectivity index (χ2v) is 8.08. The maximum absolute atomic E-state index is 14.1. The number of morpholine rings is 1. The average Bonchev–Trinajstić information content (AvgIpc) is 3.19. The summed E-state index contributed by atoms with van der Waals surface area (Å²) in [6, 6.07) is 8.81. The lowest BCUT2D eigenvalue weighted by molar-refractivity contribution is -0.137. The lowest BCUT2D eigenvalue weighted by atomic mass is 10.1. The van der Waals surface area contributed by atoms with Crippen molar-refractivity contribution in [1.82, 2.24) is 9.88 Å². The van der Waals surface area contributed by atoms with Crippen molar-refractivity contribution in [2.75, 3.05) is 44.3 Å². The normalized spacial score (nSPS) is 15.4. The van der Waals surface area contributed by atoms with Gasteiger partial charge in [-0.25, -0.2) is 9.37 Å². The number of rotatable bonds is 5. The van der Waals surface area contributed by atoms with Crippen LogP contribution in [-0.2, 0) is 10.9 Å². The molecule has 10 heteroatoms. The van der Waals surface area contributed by atoms with Gasteiger partial charge in [-0.3, -0.25) is 14.6 Å². The second kappa shape index (κ2) is 8.89. The van der Waals surface area contributed by atoms with Crippen molar-refractivity contribution >= 4 is 32.6 Å². The number of aromatic nitrogens is 1. The molecular weight excluding hydrogens is 434 g/mol. The lowest BCUT2D eigenvalue weighted by Crippen LogP contribution is -2.43. The van der Waals surface area contributed by atoms with Crippen LogP contribution in [0.2, 0.25) is 0 Å². The Morgan fingerprint density at radius 2 is 1.90 bits per heavy atom. The smallest absolute Gasteiger partial charge is 0.379 e. The number of amides is 1. The molecule has 0 N–H and O–H groups in total. The molecule has 0 bridgehead atoms. The molecule has 0 atom stereocenters. The molecule has 2 aromatic carbocycles. The predicted molar refractivity (Wildman–Crippen MR) is 110 cm³/mol. The van der Waals surface area contributed by atoms with E-state index in [0.717, 1.165) is 23.5 Å². The standard InChI is InChI=1S/C21H19F4N3O2S/c22-16-5-2-6-17-18(16)26-20(31-17)28(8-7-27-9-11-30-12-10-27)19(29)14-3-1-4-15(13-14)21(23,24)25/h1-6,13H,7-12H2. The van der Waals surface area contributed by atoms with Gasteiger partial charge < -0.3 is 4.74 Å². The first-order valence-corrected chi connectivity index (χ1v) is 10.5. The van der Waals surface area contributed by atoms with E-state index in [0.29, 0.717) is 37.5 Å². The van der Waals surface area contributed by atoms with E-state index in [1.165, 1.54) is 23.1 Å². The van der Waals surface area contributed by atoms with E-state index in [9.17, 15) is 22.4 Å². The Hall–Kier alpha value is -2.56. The zero-order valence-corrected chi connectivity index (χ0v) is 17.2. The summed E-state index contributed by atoms with van der Waals surface area (Å²) < 4.78 is 59.4. The number of carbonyl (C=O) groups is 1. The fourth-order valence-electron chi connectivity index (χ4n) is 3.35. The van der Waals surface area contributed by atoms with E-state index >= 15 is 0 Å². The zero-order chi connectivity index (χ0) is 22.0. The summed E-state index contributed by atoms with van der Waals surface area (Å²) in [6.45, 7) is 3.24. The second-order valence-electron chi connectivity index (χ2n) is 7.07. The molecule has 5 nitrogen and oxygen atoms in total. The minimum absolute atomic E-state index is 0.100. The molecule has 1 aromatic heterocycles. The van der Waals surface area contributed by atoms with Gasteiger partial charge in [0.1, 0.15) is 11.3 Å². The highest BCUT2D eigenvalue weighted by molar-refractivity contribution is 7.22. The summed E-state index contributed by atoms with van der Waals surface area (Å²) in [7, 11) is 0. The topological polar surface area (TPSA) is 45.7 Å². The summed E-state index contributed by atoms with van der Waals surface area (Å²) >= 11 is 1.13. The van der Waals surface area contributed by atoms with Crippen molar-refractivity contribution in [3.05, 3.63) is 59.4 Å². The molecule has 1 aliphatic heterocycles. The third-order valence-corrected chi connectivity index (χ3v) is 6.06. The Bertz CT molecular complexity index is 1080. The van der Waals surface area contributed by atoms with Crippen LogP contribution in [-0.4, -0.2) is 55.2 Å². The van der Waals surface area contributed by atoms with Gasteiger partial charge in [-0.2, -0.15) is 13.2 Å². The number of ether oxygens (including phenoxy) is 1. The van der Waals surface area contributed by atoms with Gasteiger partial charge in [0.15, 0.2) is 5.13 Å². The Morgan fingerprint density at radius 1 is 1.16 bits per heavy atom. The molecular formula is C21H19F4N3O2S. The molecule has 1 saturated heterocycles. The monoisotopic (exact) mass is 453 g/mol. The number of fused-ring (bicyclic) bond motifs is 1. The molecule has 0 aliphatic carbocycles. The number of benzene rings is 2. The molecule has 1 aliphatic rings. The van der Waals surface area contributed by atoms with Gasteiger partial charge in [0.05, 0.1) is 23.5 Å². The van der Waals surface area contributed by atoms with Crippen LogP contribution in [0.4, 0.5) is 22.7 Å². The highest BCUT2D eigenvalue weighted by atomic mass is 32.1. The minimum atomic E-state index is -4.56. The number of para-hydroxylation sites is 1. The van der Waals surface area contributed by atoms with Crippen LogP contribution in [0.25, 0.3) is 10.2 Å². The largest absolute Gasteiger partial charge is 0.416 e. The van der Waals surface area contributed by atoms with Gasteiger partial charge in [-0.1, -0.05) is 23.5 Å². The van der Waals surface area contributed by atoms with Crippen molar-refractivity contribution in [3.8, 4) is 0 Å². The van der Waals surface area contributed by atoms with Crippen molar-refractivity contribution in [3.63, 3.8) is 0 Å². The average molecular weight is 453 g/mol. The number of anilines is 1. The van der Waals surface area contributed by atoms with Gasteiger partial charge in [-0.15, -0.1) is 0 Å². The number of thiazole rings is 1. The summed E-state index contributed by atoms with van der Waals surface area (Å²) in [5.41, 5.74) is -0.867. The zero-order valence-electron chi connectivity index (χ0n) is 16.4. The third kappa shape index (κ3) is 4.86. The van der Waals surface area contributed by atoms with E-state index in [-0.39, 0.29) is 22.8 Å². The molecule has 0 spiro atoms. The van der Waals surface area contributed by atoms with Gasteiger partial charge in [-0.05, 0) is 30.3 Å². The number of alkyl halides is 3. The van der Waals surface area contributed by atoms with Gasteiger partial charge in [0.25, 0.3) is 5.91 Å². The van der Waals surface area contributed by atoms with E-state index in [1.54, 1.807) is 12.1 Å². The van der Waals surface area contributed by atoms with Crippen LogP contribution in [0, 0.1) is 5.82 Å². The molecule has 31 heavy (non-hydrogen) atoms. The number of hydrogen-bond donors (Lipinski definition) is 0. The minimum Gasteiger partial charge on any atom is -0.379 e. The summed E-state index contributed by atoms with van der Waals surface area (Å²) in [4.78, 5) is 21.0. The highest BCUT2D eigenvalue weighted by Crippen LogP contribution is 2.33. The van der Waals surface area contributed by atoms with E-state index in [4.69, 9.17) is 4.74 Å². The Morgan fingerprint density at radius 3 is 2.61 bits per heavy atom. The van der Waals surface area contributed by atoms with Crippen LogP contribution in [0.5, 0.6) is 0 Å². The number of nitrogens with zero attached hydrogens (tertiary/aromatic N) is 3. The fraction of sp³-hybridized carbons (Fsp3) is 0.333. The number of carbonyl (C=O) groups excluding carboxylic acids is 1. The maximum atomic E-state index is 14.1. The van der Waals surface area contributed by atoms with E-state index in [2.05, 4.69) is 9.88 Å². The fourth-order valence-corrected chi connectivity index (χ4v) is 4.36. The predicted octanol–water partition coefficient (Wildman–Crippen LogP) is 4.43. The Labute approximate surface area is 179 Å². The SMILES string of the molecule is O=C(c1cccc(C(F)(F)F)c1)N(CCN1CCOCC1)c1nc2c(F)cccc2s1. The van der Waals surface area contributed by atoms with Crippen molar-refractivity contribution in [2.24, 2.45) is 0 Å². The van der Waals surface area contributed by atoms with Gasteiger partial charge in [0.2, 0.25) is 0 Å². The highest BCUT2D eigenvalue weighted by Gasteiger charge is 2.32. The van der Waals surface area contributed by atoms with Crippen molar-refractivity contribution in [2.45, 2.75) is 6.18 Å². The summed E-state index contributed by atoms with van der Waals surface area (Å²) in [6.07, 6.45) is -4.56. The molecule has 0 unspecified atom stereocenters. The van der Waals surface area contributed by atoms with Gasteiger partial charge in [0, 0.05) is 31.7 Å². The molecule has 3 aromatic rings.